The van der Waals surface area contributed by atoms with Crippen LogP contribution in [0.5, 0.6) is 0 Å². The second-order valence-corrected chi connectivity index (χ2v) is 6.09. The molecule has 4 N–H and O–H groups in total. The fourth-order valence-corrected chi connectivity index (χ4v) is 2.78. The molecule has 3 amide bonds. The number of halogens is 1. The number of rotatable bonds is 6. The van der Waals surface area contributed by atoms with E-state index < -0.39 is 30.1 Å². The van der Waals surface area contributed by atoms with Crippen molar-refractivity contribution >= 4 is 23.6 Å². The molecule has 0 atom stereocenters. The SMILES string of the molecule is O=C(O)Cc1ccc(NC(=O)CNC(=O)NC2CCCCC2)cc1F. The monoisotopic (exact) mass is 351 g/mol. The topological polar surface area (TPSA) is 108 Å². The first-order valence-corrected chi connectivity index (χ1v) is 8.28. The van der Waals surface area contributed by atoms with E-state index in [0.717, 1.165) is 31.7 Å². The zero-order valence-electron chi connectivity index (χ0n) is 13.8. The number of carbonyl (C=O) groups excluding carboxylic acids is 2. The Kier molecular flexibility index (Phi) is 6.73. The molecule has 2 rings (SSSR count). The normalized spacial score (nSPS) is 14.6. The van der Waals surface area contributed by atoms with Gasteiger partial charge in [0.05, 0.1) is 13.0 Å². The second-order valence-electron chi connectivity index (χ2n) is 6.09. The third-order valence-corrected chi connectivity index (χ3v) is 4.03. The first-order valence-electron chi connectivity index (χ1n) is 8.28. The van der Waals surface area contributed by atoms with E-state index >= 15 is 0 Å². The molecule has 1 fully saturated rings. The Labute approximate surface area is 145 Å². The molecule has 0 heterocycles. The lowest BCUT2D eigenvalue weighted by Gasteiger charge is -2.22. The molecule has 1 aliphatic rings. The first-order chi connectivity index (χ1) is 11.9. The van der Waals surface area contributed by atoms with Crippen molar-refractivity contribution in [3.63, 3.8) is 0 Å². The average Bonchev–Trinajstić information content (AvgIpc) is 2.56. The lowest BCUT2D eigenvalue weighted by Crippen LogP contribution is -2.45. The van der Waals surface area contributed by atoms with Crippen molar-refractivity contribution < 1.29 is 23.9 Å². The highest BCUT2D eigenvalue weighted by Crippen LogP contribution is 2.17. The maximum atomic E-state index is 13.7. The summed E-state index contributed by atoms with van der Waals surface area (Å²) in [5.41, 5.74) is 0.238. The lowest BCUT2D eigenvalue weighted by molar-refractivity contribution is -0.136. The van der Waals surface area contributed by atoms with Crippen LogP contribution in [-0.4, -0.2) is 35.6 Å². The van der Waals surface area contributed by atoms with Crippen LogP contribution in [-0.2, 0) is 16.0 Å². The summed E-state index contributed by atoms with van der Waals surface area (Å²) in [6.45, 7) is -0.239. The zero-order valence-corrected chi connectivity index (χ0v) is 13.8. The van der Waals surface area contributed by atoms with Crippen LogP contribution in [0.15, 0.2) is 18.2 Å². The van der Waals surface area contributed by atoms with E-state index in [0.29, 0.717) is 0 Å². The van der Waals surface area contributed by atoms with Crippen molar-refractivity contribution in [2.75, 3.05) is 11.9 Å². The summed E-state index contributed by atoms with van der Waals surface area (Å²) < 4.78 is 13.7. The molecular formula is C17H22FN3O4. The van der Waals surface area contributed by atoms with Gasteiger partial charge in [-0.15, -0.1) is 0 Å². The van der Waals surface area contributed by atoms with Crippen LogP contribution in [0.1, 0.15) is 37.7 Å². The van der Waals surface area contributed by atoms with Crippen molar-refractivity contribution in [3.05, 3.63) is 29.6 Å². The fourth-order valence-electron chi connectivity index (χ4n) is 2.78. The van der Waals surface area contributed by atoms with E-state index in [1.807, 2.05) is 0 Å². The Morgan fingerprint density at radius 2 is 1.88 bits per heavy atom. The molecule has 7 nitrogen and oxygen atoms in total. The number of amides is 3. The Bertz CT molecular complexity index is 645. The van der Waals surface area contributed by atoms with Gasteiger partial charge in [-0.25, -0.2) is 9.18 Å². The summed E-state index contributed by atoms with van der Waals surface area (Å²) in [4.78, 5) is 34.2. The van der Waals surface area contributed by atoms with Crippen molar-refractivity contribution in [1.29, 1.82) is 0 Å². The summed E-state index contributed by atoms with van der Waals surface area (Å²) in [7, 11) is 0. The van der Waals surface area contributed by atoms with Gasteiger partial charge < -0.3 is 21.1 Å². The van der Waals surface area contributed by atoms with Crippen LogP contribution in [0, 0.1) is 5.82 Å². The molecule has 1 aromatic rings. The van der Waals surface area contributed by atoms with Gasteiger partial charge in [0.2, 0.25) is 5.91 Å². The van der Waals surface area contributed by atoms with Crippen LogP contribution in [0.25, 0.3) is 0 Å². The van der Waals surface area contributed by atoms with Gasteiger partial charge in [0.25, 0.3) is 0 Å². The Morgan fingerprint density at radius 1 is 1.16 bits per heavy atom. The molecule has 25 heavy (non-hydrogen) atoms. The molecule has 8 heteroatoms. The highest BCUT2D eigenvalue weighted by Gasteiger charge is 2.16. The molecule has 0 saturated heterocycles. The minimum atomic E-state index is -1.14. The quantitative estimate of drug-likeness (QED) is 0.629. The highest BCUT2D eigenvalue weighted by molar-refractivity contribution is 5.94. The summed E-state index contributed by atoms with van der Waals surface area (Å²) in [5.74, 6) is -2.34. The molecular weight excluding hydrogens is 329 g/mol. The van der Waals surface area contributed by atoms with E-state index in [1.165, 1.54) is 18.6 Å². The Hall–Kier alpha value is -2.64. The van der Waals surface area contributed by atoms with Crippen LogP contribution >= 0.6 is 0 Å². The van der Waals surface area contributed by atoms with Crippen molar-refractivity contribution in [1.82, 2.24) is 10.6 Å². The second kappa shape index (κ2) is 9.00. The third-order valence-electron chi connectivity index (χ3n) is 4.03. The van der Waals surface area contributed by atoms with Crippen LogP contribution < -0.4 is 16.0 Å². The first kappa shape index (κ1) is 18.7. The molecule has 0 aromatic heterocycles. The molecule has 1 aromatic carbocycles. The molecule has 136 valence electrons. The van der Waals surface area contributed by atoms with Crippen molar-refractivity contribution in [2.24, 2.45) is 0 Å². The van der Waals surface area contributed by atoms with Crippen LogP contribution in [0.4, 0.5) is 14.9 Å². The minimum Gasteiger partial charge on any atom is -0.481 e. The van der Waals surface area contributed by atoms with E-state index in [-0.39, 0.29) is 23.8 Å². The van der Waals surface area contributed by atoms with Gasteiger partial charge >= 0.3 is 12.0 Å². The molecule has 0 aliphatic heterocycles. The smallest absolute Gasteiger partial charge is 0.315 e. The number of carboxylic acid groups (broad SMARTS) is 1. The Morgan fingerprint density at radius 3 is 2.52 bits per heavy atom. The largest absolute Gasteiger partial charge is 0.481 e. The minimum absolute atomic E-state index is 0.0375. The number of urea groups is 1. The standard InChI is InChI=1S/C17H22FN3O4/c18-14-9-13(7-6-11(14)8-16(23)24)20-15(22)10-19-17(25)21-12-4-2-1-3-5-12/h6-7,9,12H,1-5,8,10H2,(H,20,22)(H,23,24)(H2,19,21,25). The predicted molar refractivity (Wildman–Crippen MR) is 89.8 cm³/mol. The average molecular weight is 351 g/mol. The molecule has 1 saturated carbocycles. The van der Waals surface area contributed by atoms with Crippen LogP contribution in [0.2, 0.25) is 0 Å². The maximum Gasteiger partial charge on any atom is 0.315 e. The van der Waals surface area contributed by atoms with E-state index in [2.05, 4.69) is 16.0 Å². The fraction of sp³-hybridized carbons (Fsp3) is 0.471. The molecule has 0 radical (unpaired) electrons. The molecule has 0 unspecified atom stereocenters. The molecule has 0 bridgehead atoms. The van der Waals surface area contributed by atoms with E-state index in [4.69, 9.17) is 5.11 Å². The summed E-state index contributed by atoms with van der Waals surface area (Å²) in [5, 5.41) is 16.4. The number of carboxylic acids is 1. The van der Waals surface area contributed by atoms with Gasteiger partial charge in [0.1, 0.15) is 5.82 Å². The van der Waals surface area contributed by atoms with Gasteiger partial charge in [-0.2, -0.15) is 0 Å². The van der Waals surface area contributed by atoms with Gasteiger partial charge in [-0.1, -0.05) is 25.3 Å². The van der Waals surface area contributed by atoms with E-state index in [1.54, 1.807) is 0 Å². The van der Waals surface area contributed by atoms with Crippen molar-refractivity contribution in [3.8, 4) is 0 Å². The van der Waals surface area contributed by atoms with Gasteiger partial charge in [0, 0.05) is 11.7 Å². The van der Waals surface area contributed by atoms with Crippen LogP contribution in [0.3, 0.4) is 0 Å². The summed E-state index contributed by atoms with van der Waals surface area (Å²) in [6.07, 6.45) is 4.83. The lowest BCUT2D eigenvalue weighted by atomic mass is 9.96. The van der Waals surface area contributed by atoms with Crippen molar-refractivity contribution in [2.45, 2.75) is 44.6 Å². The zero-order chi connectivity index (χ0) is 18.2. The van der Waals surface area contributed by atoms with Gasteiger partial charge in [-0.3, -0.25) is 9.59 Å². The maximum absolute atomic E-state index is 13.7. The van der Waals surface area contributed by atoms with Gasteiger partial charge in [-0.05, 0) is 30.5 Å². The van der Waals surface area contributed by atoms with Gasteiger partial charge in [0.15, 0.2) is 0 Å². The predicted octanol–water partition coefficient (Wildman–Crippen LogP) is 2.02. The number of hydrogen-bond acceptors (Lipinski definition) is 3. The van der Waals surface area contributed by atoms with E-state index in [9.17, 15) is 18.8 Å². The Balaban J connectivity index is 1.76. The number of nitrogens with one attached hydrogen (secondary N) is 3. The number of aliphatic carboxylic acids is 1. The third kappa shape index (κ3) is 6.40. The summed E-state index contributed by atoms with van der Waals surface area (Å²) >= 11 is 0. The number of hydrogen-bond donors (Lipinski definition) is 4. The highest BCUT2D eigenvalue weighted by atomic mass is 19.1. The number of carbonyl (C=O) groups is 3. The number of anilines is 1. The number of benzene rings is 1. The molecule has 1 aliphatic carbocycles. The molecule has 0 spiro atoms. The summed E-state index contributed by atoms with van der Waals surface area (Å²) in [6, 6.07) is 3.53.